The summed E-state index contributed by atoms with van der Waals surface area (Å²) in [6.45, 7) is 10.9. The monoisotopic (exact) mass is 233 g/mol. The van der Waals surface area contributed by atoms with Crippen LogP contribution in [0.3, 0.4) is 0 Å². The molecule has 1 N–H and O–H groups in total. The predicted octanol–water partition coefficient (Wildman–Crippen LogP) is 3.53. The van der Waals surface area contributed by atoms with Crippen LogP contribution in [-0.4, -0.2) is 17.7 Å². The molecule has 0 saturated carbocycles. The minimum Gasteiger partial charge on any atom is -0.388 e. The van der Waals surface area contributed by atoms with Crippen LogP contribution in [0.5, 0.6) is 0 Å². The zero-order valence-electron chi connectivity index (χ0n) is 11.1. The number of hydrogen-bond donors (Lipinski definition) is 1. The molecule has 0 heterocycles. The van der Waals surface area contributed by atoms with Gasteiger partial charge in [0.2, 0.25) is 0 Å². The summed E-state index contributed by atoms with van der Waals surface area (Å²) in [5.74, 6) is 0. The van der Waals surface area contributed by atoms with Gasteiger partial charge in [0.1, 0.15) is 0 Å². The first-order chi connectivity index (χ1) is 8.11. The van der Waals surface area contributed by atoms with E-state index in [1.807, 2.05) is 31.2 Å². The molecule has 2 heteroatoms. The smallest absolute Gasteiger partial charge is 0.0807 e. The Morgan fingerprint density at radius 2 is 2.00 bits per heavy atom. The Kier molecular flexibility index (Phi) is 5.23. The summed E-state index contributed by atoms with van der Waals surface area (Å²) >= 11 is 0. The van der Waals surface area contributed by atoms with Crippen molar-refractivity contribution in [3.8, 4) is 0 Å². The van der Waals surface area contributed by atoms with Crippen molar-refractivity contribution >= 4 is 5.69 Å². The number of aliphatic hydroxyl groups excluding tert-OH is 1. The van der Waals surface area contributed by atoms with Crippen LogP contribution in [0, 0.1) is 0 Å². The first-order valence-electron chi connectivity index (χ1n) is 6.26. The van der Waals surface area contributed by atoms with Gasteiger partial charge in [0, 0.05) is 23.8 Å². The van der Waals surface area contributed by atoms with E-state index >= 15 is 0 Å². The summed E-state index contributed by atoms with van der Waals surface area (Å²) in [7, 11) is 0. The van der Waals surface area contributed by atoms with E-state index in [0.29, 0.717) is 6.04 Å². The topological polar surface area (TPSA) is 23.5 Å². The quantitative estimate of drug-likeness (QED) is 0.760. The van der Waals surface area contributed by atoms with Gasteiger partial charge < -0.3 is 10.0 Å². The average Bonchev–Trinajstić information content (AvgIpc) is 2.34. The van der Waals surface area contributed by atoms with Gasteiger partial charge in [-0.2, -0.15) is 0 Å². The lowest BCUT2D eigenvalue weighted by molar-refractivity contribution is 0.174. The number of hydrogen-bond acceptors (Lipinski definition) is 2. The van der Waals surface area contributed by atoms with Crippen LogP contribution in [0.2, 0.25) is 0 Å². The molecule has 0 saturated heterocycles. The third kappa shape index (κ3) is 3.34. The molecular weight excluding hydrogens is 210 g/mol. The third-order valence-electron chi connectivity index (χ3n) is 2.94. The second-order valence-corrected chi connectivity index (χ2v) is 4.52. The first kappa shape index (κ1) is 13.8. The minimum atomic E-state index is -0.391. The van der Waals surface area contributed by atoms with E-state index in [1.54, 1.807) is 0 Å². The highest BCUT2D eigenvalue weighted by molar-refractivity contribution is 5.55. The molecule has 1 aromatic carbocycles. The highest BCUT2D eigenvalue weighted by atomic mass is 16.3. The fourth-order valence-corrected chi connectivity index (χ4v) is 1.98. The Balaban J connectivity index is 3.13. The van der Waals surface area contributed by atoms with Gasteiger partial charge in [0.25, 0.3) is 0 Å². The van der Waals surface area contributed by atoms with Gasteiger partial charge in [-0.15, -0.1) is 6.58 Å². The third-order valence-corrected chi connectivity index (χ3v) is 2.94. The van der Waals surface area contributed by atoms with Crippen LogP contribution >= 0.6 is 0 Å². The van der Waals surface area contributed by atoms with E-state index in [0.717, 1.165) is 24.2 Å². The molecule has 1 atom stereocenters. The molecule has 0 aliphatic rings. The molecule has 0 aliphatic carbocycles. The van der Waals surface area contributed by atoms with E-state index < -0.39 is 6.10 Å². The standard InChI is InChI=1S/C15H23NO/c1-5-11-16(12(3)4)14-10-8-7-9-13(14)15(17)6-2/h5,7-10,12,15,17H,1,6,11H2,2-4H3/t15-/m1/s1. The highest BCUT2D eigenvalue weighted by Crippen LogP contribution is 2.29. The second-order valence-electron chi connectivity index (χ2n) is 4.52. The lowest BCUT2D eigenvalue weighted by atomic mass is 10.0. The zero-order chi connectivity index (χ0) is 12.8. The lowest BCUT2D eigenvalue weighted by Gasteiger charge is -2.30. The molecule has 1 aromatic rings. The van der Waals surface area contributed by atoms with E-state index in [1.165, 1.54) is 0 Å². The molecule has 0 aliphatic heterocycles. The average molecular weight is 233 g/mol. The summed E-state index contributed by atoms with van der Waals surface area (Å²) < 4.78 is 0. The van der Waals surface area contributed by atoms with E-state index in [9.17, 15) is 5.11 Å². The maximum absolute atomic E-state index is 10.1. The number of benzene rings is 1. The van der Waals surface area contributed by atoms with Crippen molar-refractivity contribution in [3.63, 3.8) is 0 Å². The van der Waals surface area contributed by atoms with Crippen LogP contribution in [0.4, 0.5) is 5.69 Å². The SMILES string of the molecule is C=CCN(c1ccccc1[C@H](O)CC)C(C)C. The molecule has 0 bridgehead atoms. The van der Waals surface area contributed by atoms with Gasteiger partial charge in [0.15, 0.2) is 0 Å². The molecule has 1 rings (SSSR count). The van der Waals surface area contributed by atoms with Crippen LogP contribution in [0.1, 0.15) is 38.9 Å². The van der Waals surface area contributed by atoms with Gasteiger partial charge in [-0.1, -0.05) is 31.2 Å². The van der Waals surface area contributed by atoms with Gasteiger partial charge in [-0.25, -0.2) is 0 Å². The summed E-state index contributed by atoms with van der Waals surface area (Å²) in [5.41, 5.74) is 2.11. The minimum absolute atomic E-state index is 0.387. The molecule has 94 valence electrons. The second kappa shape index (κ2) is 6.45. The van der Waals surface area contributed by atoms with Crippen LogP contribution in [0.15, 0.2) is 36.9 Å². The van der Waals surface area contributed by atoms with Crippen molar-refractivity contribution in [2.45, 2.75) is 39.3 Å². The highest BCUT2D eigenvalue weighted by Gasteiger charge is 2.16. The first-order valence-corrected chi connectivity index (χ1v) is 6.26. The molecule has 0 aromatic heterocycles. The van der Waals surface area contributed by atoms with Gasteiger partial charge in [-0.05, 0) is 26.3 Å². The fourth-order valence-electron chi connectivity index (χ4n) is 1.98. The Morgan fingerprint density at radius 3 is 2.53 bits per heavy atom. The molecule has 0 spiro atoms. The summed E-state index contributed by atoms with van der Waals surface area (Å²) in [4.78, 5) is 2.25. The van der Waals surface area contributed by atoms with Gasteiger partial charge in [-0.3, -0.25) is 0 Å². The summed E-state index contributed by atoms with van der Waals surface area (Å²) in [6.07, 6.45) is 2.24. The van der Waals surface area contributed by atoms with Crippen molar-refractivity contribution in [3.05, 3.63) is 42.5 Å². The Bertz CT molecular complexity index is 360. The fraction of sp³-hybridized carbons (Fsp3) is 0.467. The van der Waals surface area contributed by atoms with E-state index in [2.05, 4.69) is 31.4 Å². The zero-order valence-corrected chi connectivity index (χ0v) is 11.1. The van der Waals surface area contributed by atoms with Crippen molar-refractivity contribution in [1.29, 1.82) is 0 Å². The van der Waals surface area contributed by atoms with Gasteiger partial charge in [0.05, 0.1) is 6.10 Å². The molecule has 0 fully saturated rings. The normalized spacial score (nSPS) is 12.5. The molecule has 17 heavy (non-hydrogen) atoms. The number of para-hydroxylation sites is 1. The van der Waals surface area contributed by atoms with Crippen LogP contribution < -0.4 is 4.90 Å². The Hall–Kier alpha value is -1.28. The molecular formula is C15H23NO. The van der Waals surface area contributed by atoms with E-state index in [-0.39, 0.29) is 0 Å². The van der Waals surface area contributed by atoms with Crippen molar-refractivity contribution in [2.24, 2.45) is 0 Å². The van der Waals surface area contributed by atoms with Crippen LogP contribution in [0.25, 0.3) is 0 Å². The van der Waals surface area contributed by atoms with E-state index in [4.69, 9.17) is 0 Å². The molecule has 0 radical (unpaired) electrons. The van der Waals surface area contributed by atoms with Crippen molar-refractivity contribution in [2.75, 3.05) is 11.4 Å². The number of nitrogens with zero attached hydrogens (tertiary/aromatic N) is 1. The van der Waals surface area contributed by atoms with Crippen LogP contribution in [-0.2, 0) is 0 Å². The number of rotatable bonds is 6. The summed E-state index contributed by atoms with van der Waals surface area (Å²) in [5, 5.41) is 10.1. The molecule has 0 amide bonds. The van der Waals surface area contributed by atoms with Crippen molar-refractivity contribution < 1.29 is 5.11 Å². The Labute approximate surface area is 105 Å². The molecule has 0 unspecified atom stereocenters. The Morgan fingerprint density at radius 1 is 1.35 bits per heavy atom. The van der Waals surface area contributed by atoms with Gasteiger partial charge >= 0.3 is 0 Å². The van der Waals surface area contributed by atoms with Crippen molar-refractivity contribution in [1.82, 2.24) is 0 Å². The maximum Gasteiger partial charge on any atom is 0.0807 e. The maximum atomic E-state index is 10.1. The summed E-state index contributed by atoms with van der Waals surface area (Å²) in [6, 6.07) is 8.45. The molecule has 2 nitrogen and oxygen atoms in total. The predicted molar refractivity (Wildman–Crippen MR) is 74.4 cm³/mol. The largest absolute Gasteiger partial charge is 0.388 e. The number of anilines is 1. The lowest BCUT2D eigenvalue weighted by Crippen LogP contribution is -2.31. The number of aliphatic hydroxyl groups is 1.